The lowest BCUT2D eigenvalue weighted by Crippen LogP contribution is -2.08. The van der Waals surface area contributed by atoms with Crippen LogP contribution >= 0.6 is 0 Å². The van der Waals surface area contributed by atoms with Crippen LogP contribution in [0.1, 0.15) is 49.7 Å². The minimum Gasteiger partial charge on any atom is -0.490 e. The molecule has 46 heavy (non-hydrogen) atoms. The molecule has 0 spiro atoms. The summed E-state index contributed by atoms with van der Waals surface area (Å²) < 4.78 is 33.7. The van der Waals surface area contributed by atoms with Crippen LogP contribution in [0.15, 0.2) is 97.1 Å². The normalized spacial score (nSPS) is 18.1. The van der Waals surface area contributed by atoms with Gasteiger partial charge in [-0.15, -0.1) is 0 Å². The first-order valence-corrected chi connectivity index (χ1v) is 16.7. The van der Waals surface area contributed by atoms with E-state index < -0.39 is 0 Å². The number of hydrogen-bond acceptors (Lipinski definition) is 6. The number of ether oxygens (including phenoxy) is 6. The third-order valence-corrected chi connectivity index (χ3v) is 8.76. The van der Waals surface area contributed by atoms with Gasteiger partial charge in [0.1, 0.15) is 36.9 Å². The fraction of sp³-hybridized carbons (Fsp3) is 0.400. The zero-order valence-corrected chi connectivity index (χ0v) is 27.1. The molecule has 0 N–H and O–H groups in total. The van der Waals surface area contributed by atoms with Gasteiger partial charge in [-0.25, -0.2) is 0 Å². The van der Waals surface area contributed by atoms with Crippen molar-refractivity contribution in [3.63, 3.8) is 0 Å². The van der Waals surface area contributed by atoms with Crippen LogP contribution in [0.3, 0.4) is 0 Å². The Balaban J connectivity index is 0.889. The summed E-state index contributed by atoms with van der Waals surface area (Å²) in [6.07, 6.45) is 2.68. The molecule has 2 aliphatic rings. The highest BCUT2D eigenvalue weighted by Crippen LogP contribution is 2.28. The Bertz CT molecular complexity index is 1340. The third-order valence-electron chi connectivity index (χ3n) is 8.76. The molecule has 0 radical (unpaired) electrons. The first kappa shape index (κ1) is 32.3. The van der Waals surface area contributed by atoms with Crippen molar-refractivity contribution in [1.82, 2.24) is 0 Å². The van der Waals surface area contributed by atoms with Gasteiger partial charge in [-0.05, 0) is 82.3 Å². The minimum atomic E-state index is 0.331. The predicted molar refractivity (Wildman–Crippen MR) is 182 cm³/mol. The lowest BCUT2D eigenvalue weighted by atomic mass is 9.95. The smallest absolute Gasteiger partial charge is 0.122 e. The molecule has 2 aliphatic heterocycles. The Hall–Kier alpha value is -3.68. The average molecular weight is 623 g/mol. The van der Waals surface area contributed by atoms with Crippen LogP contribution in [-0.2, 0) is 18.9 Å². The Labute approximate surface area is 273 Å². The lowest BCUT2D eigenvalue weighted by Gasteiger charge is -2.13. The number of benzene rings is 4. The van der Waals surface area contributed by atoms with Gasteiger partial charge in [0.2, 0.25) is 0 Å². The number of hydrogen-bond donors (Lipinski definition) is 0. The van der Waals surface area contributed by atoms with Crippen molar-refractivity contribution in [2.75, 3.05) is 52.9 Å². The molecule has 4 aromatic rings. The van der Waals surface area contributed by atoms with Gasteiger partial charge < -0.3 is 28.4 Å². The maximum absolute atomic E-state index is 5.94. The largest absolute Gasteiger partial charge is 0.490 e. The molecule has 0 aromatic heterocycles. The molecule has 4 atom stereocenters. The van der Waals surface area contributed by atoms with Crippen molar-refractivity contribution in [2.45, 2.75) is 50.7 Å². The van der Waals surface area contributed by atoms with Crippen molar-refractivity contribution in [2.24, 2.45) is 0 Å². The molecule has 6 nitrogen and oxygen atoms in total. The molecule has 6 rings (SSSR count). The van der Waals surface area contributed by atoms with E-state index in [0.29, 0.717) is 37.3 Å². The van der Waals surface area contributed by atoms with Crippen molar-refractivity contribution in [3.8, 4) is 33.8 Å². The molecule has 4 unspecified atom stereocenters. The Morgan fingerprint density at radius 3 is 1.15 bits per heavy atom. The summed E-state index contributed by atoms with van der Waals surface area (Å²) >= 11 is 0. The van der Waals surface area contributed by atoms with E-state index in [1.54, 1.807) is 0 Å². The number of epoxide rings is 2. The quantitative estimate of drug-likeness (QED) is 0.0775. The van der Waals surface area contributed by atoms with Gasteiger partial charge in [0.25, 0.3) is 0 Å². The monoisotopic (exact) mass is 622 g/mol. The molecule has 0 bridgehead atoms. The summed E-state index contributed by atoms with van der Waals surface area (Å²) in [5.74, 6) is 2.59. The predicted octanol–water partition coefficient (Wildman–Crippen LogP) is 8.30. The molecule has 4 aromatic carbocycles. The van der Waals surface area contributed by atoms with E-state index in [1.807, 2.05) is 24.3 Å². The van der Waals surface area contributed by atoms with E-state index in [-0.39, 0.29) is 0 Å². The van der Waals surface area contributed by atoms with E-state index in [0.717, 1.165) is 64.0 Å². The SMILES string of the molecule is CC(CCOCC1CO1)c1ccc(-c2ccc(OCCOc3ccc(-c4ccc(C(C)CCOCC5CO5)cc4)cc3)cc2)cc1. The highest BCUT2D eigenvalue weighted by atomic mass is 16.6. The van der Waals surface area contributed by atoms with Crippen molar-refractivity contribution >= 4 is 0 Å². The number of rotatable bonds is 19. The molecular formula is C40H46O6. The van der Waals surface area contributed by atoms with E-state index in [4.69, 9.17) is 28.4 Å². The van der Waals surface area contributed by atoms with Gasteiger partial charge in [0.05, 0.1) is 26.4 Å². The maximum Gasteiger partial charge on any atom is 0.122 e. The summed E-state index contributed by atoms with van der Waals surface area (Å²) in [5, 5.41) is 0. The van der Waals surface area contributed by atoms with Gasteiger partial charge in [0, 0.05) is 13.2 Å². The molecule has 2 heterocycles. The third kappa shape index (κ3) is 9.91. The summed E-state index contributed by atoms with van der Waals surface area (Å²) in [5.41, 5.74) is 7.40. The first-order chi connectivity index (χ1) is 22.6. The van der Waals surface area contributed by atoms with Gasteiger partial charge in [-0.1, -0.05) is 86.6 Å². The second-order valence-electron chi connectivity index (χ2n) is 12.4. The molecular weight excluding hydrogens is 576 g/mol. The second-order valence-corrected chi connectivity index (χ2v) is 12.4. The Kier molecular flexibility index (Phi) is 11.4. The van der Waals surface area contributed by atoms with Gasteiger partial charge in [0.15, 0.2) is 0 Å². The highest BCUT2D eigenvalue weighted by Gasteiger charge is 2.23. The highest BCUT2D eigenvalue weighted by molar-refractivity contribution is 5.65. The molecule has 6 heteroatoms. The fourth-order valence-electron chi connectivity index (χ4n) is 5.43. The maximum atomic E-state index is 5.94. The zero-order valence-electron chi connectivity index (χ0n) is 27.1. The fourth-order valence-corrected chi connectivity index (χ4v) is 5.43. The van der Waals surface area contributed by atoms with E-state index in [9.17, 15) is 0 Å². The van der Waals surface area contributed by atoms with Gasteiger partial charge in [-0.3, -0.25) is 0 Å². The van der Waals surface area contributed by atoms with Gasteiger partial charge in [-0.2, -0.15) is 0 Å². The summed E-state index contributed by atoms with van der Waals surface area (Å²) in [6.45, 7) is 10.1. The van der Waals surface area contributed by atoms with Crippen LogP contribution in [0.5, 0.6) is 11.5 Å². The molecule has 2 saturated heterocycles. The van der Waals surface area contributed by atoms with Crippen LogP contribution in [0.2, 0.25) is 0 Å². The van der Waals surface area contributed by atoms with Crippen LogP contribution in [0.4, 0.5) is 0 Å². The van der Waals surface area contributed by atoms with Crippen LogP contribution in [-0.4, -0.2) is 65.1 Å². The Morgan fingerprint density at radius 1 is 0.500 bits per heavy atom. The molecule has 0 amide bonds. The van der Waals surface area contributed by atoms with Crippen molar-refractivity contribution < 1.29 is 28.4 Å². The molecule has 0 saturated carbocycles. The molecule has 0 aliphatic carbocycles. The van der Waals surface area contributed by atoms with Crippen LogP contribution in [0.25, 0.3) is 22.3 Å². The lowest BCUT2D eigenvalue weighted by molar-refractivity contribution is 0.111. The zero-order chi connectivity index (χ0) is 31.6. The Morgan fingerprint density at radius 2 is 0.826 bits per heavy atom. The standard InChI is InChI=1S/C40H46O6/c1-29(19-21-41-25-39-27-45-39)31-3-7-33(8-4-31)35-11-15-37(16-12-35)43-23-24-44-38-17-13-36(14-18-38)34-9-5-32(6-10-34)30(2)20-22-42-26-40-28-46-40/h3-18,29-30,39-40H,19-28H2,1-2H3. The van der Waals surface area contributed by atoms with E-state index >= 15 is 0 Å². The van der Waals surface area contributed by atoms with Crippen LogP contribution < -0.4 is 9.47 Å². The topological polar surface area (TPSA) is 62.0 Å². The van der Waals surface area contributed by atoms with E-state index in [1.165, 1.54) is 33.4 Å². The molecule has 2 fully saturated rings. The first-order valence-electron chi connectivity index (χ1n) is 16.7. The molecule has 242 valence electrons. The second kappa shape index (κ2) is 16.2. The summed E-state index contributed by atoms with van der Waals surface area (Å²) in [7, 11) is 0. The minimum absolute atomic E-state index is 0.331. The average Bonchev–Trinajstić information content (AvgIpc) is 4.04. The summed E-state index contributed by atoms with van der Waals surface area (Å²) in [4.78, 5) is 0. The summed E-state index contributed by atoms with van der Waals surface area (Å²) in [6, 6.07) is 34.2. The van der Waals surface area contributed by atoms with Crippen LogP contribution in [0, 0.1) is 0 Å². The van der Waals surface area contributed by atoms with Crippen molar-refractivity contribution in [3.05, 3.63) is 108 Å². The van der Waals surface area contributed by atoms with Crippen molar-refractivity contribution in [1.29, 1.82) is 0 Å². The van der Waals surface area contributed by atoms with E-state index in [2.05, 4.69) is 86.6 Å². The van der Waals surface area contributed by atoms with Gasteiger partial charge >= 0.3 is 0 Å².